The van der Waals surface area contributed by atoms with Crippen molar-refractivity contribution in [2.75, 3.05) is 19.6 Å². The van der Waals surface area contributed by atoms with E-state index in [1.54, 1.807) is 24.3 Å². The molecule has 0 aliphatic rings. The Bertz CT molecular complexity index is 787. The number of carboxylic acids is 5. The van der Waals surface area contributed by atoms with Crippen LogP contribution in [0.2, 0.25) is 0 Å². The number of pyridine rings is 2. The fraction of sp³-hybridized carbons (Fsp3) is 0.167. The fourth-order valence-corrected chi connectivity index (χ4v) is 1.72. The maximum absolute atomic E-state index is 10.1. The third-order valence-corrected chi connectivity index (χ3v) is 2.84. The van der Waals surface area contributed by atoms with Crippen molar-refractivity contribution in [3.63, 3.8) is 0 Å². The molecule has 0 amide bonds. The molecule has 0 spiro atoms. The molecular weight excluding hydrogens is 418 g/mol. The van der Waals surface area contributed by atoms with E-state index in [0.29, 0.717) is 0 Å². The number of aliphatic carboxylic acids is 3. The smallest absolute Gasteiger partial charge is 0.354 e. The Balaban J connectivity index is 0.000000445. The minimum Gasteiger partial charge on any atom is -0.480 e. The predicted molar refractivity (Wildman–Crippen MR) is 102 cm³/mol. The van der Waals surface area contributed by atoms with Crippen LogP contribution in [0.3, 0.4) is 0 Å². The van der Waals surface area contributed by atoms with Gasteiger partial charge in [-0.05, 0) is 24.3 Å². The van der Waals surface area contributed by atoms with Crippen LogP contribution in [0.15, 0.2) is 48.8 Å². The molecule has 13 heteroatoms. The molecule has 0 radical (unpaired) electrons. The number of aromatic nitrogens is 2. The van der Waals surface area contributed by atoms with E-state index >= 15 is 0 Å². The van der Waals surface area contributed by atoms with Gasteiger partial charge >= 0.3 is 29.8 Å². The van der Waals surface area contributed by atoms with E-state index in [9.17, 15) is 24.0 Å². The molecule has 2 rings (SSSR count). The summed E-state index contributed by atoms with van der Waals surface area (Å²) >= 11 is 0. The summed E-state index contributed by atoms with van der Waals surface area (Å²) in [5.74, 6) is -5.77. The molecule has 0 aromatic carbocycles. The van der Waals surface area contributed by atoms with Crippen LogP contribution in [0.5, 0.6) is 0 Å². The molecule has 0 aliphatic carbocycles. The molecular formula is C18H19N3O10. The number of aromatic carboxylic acids is 2. The van der Waals surface area contributed by atoms with E-state index in [-0.39, 0.29) is 11.4 Å². The number of carboxylic acid groups (broad SMARTS) is 5. The number of nitrogens with zero attached hydrogens (tertiary/aromatic N) is 3. The van der Waals surface area contributed by atoms with E-state index in [1.165, 1.54) is 24.5 Å². The molecule has 0 atom stereocenters. The number of hydrogen-bond donors (Lipinski definition) is 5. The van der Waals surface area contributed by atoms with Gasteiger partial charge in [-0.25, -0.2) is 19.6 Å². The van der Waals surface area contributed by atoms with Gasteiger partial charge in [0.2, 0.25) is 0 Å². The summed E-state index contributed by atoms with van der Waals surface area (Å²) in [6.07, 6.45) is 2.90. The van der Waals surface area contributed by atoms with Gasteiger partial charge in [-0.15, -0.1) is 0 Å². The average molecular weight is 437 g/mol. The van der Waals surface area contributed by atoms with Gasteiger partial charge in [0.25, 0.3) is 0 Å². The highest BCUT2D eigenvalue weighted by atomic mass is 16.4. The van der Waals surface area contributed by atoms with Gasteiger partial charge < -0.3 is 25.5 Å². The lowest BCUT2D eigenvalue weighted by Gasteiger charge is -2.14. The number of rotatable bonds is 8. The molecule has 0 fully saturated rings. The highest BCUT2D eigenvalue weighted by molar-refractivity contribution is 5.85. The normalized spacial score (nSPS) is 9.32. The summed E-state index contributed by atoms with van der Waals surface area (Å²) in [4.78, 5) is 58.7. The summed E-state index contributed by atoms with van der Waals surface area (Å²) in [6, 6.07) is 9.51. The molecule has 2 aromatic rings. The van der Waals surface area contributed by atoms with Crippen LogP contribution in [-0.2, 0) is 14.4 Å². The molecule has 2 heterocycles. The SMILES string of the molecule is O=C(O)CN(CC(=O)O)CC(=O)O.O=C(O)c1ccccn1.O=C(O)c1ccccn1. The van der Waals surface area contributed by atoms with Crippen LogP contribution in [0.4, 0.5) is 0 Å². The Kier molecular flexibility index (Phi) is 12.5. The van der Waals surface area contributed by atoms with Crippen molar-refractivity contribution in [3.05, 3.63) is 60.2 Å². The Morgan fingerprint density at radius 3 is 1.10 bits per heavy atom. The molecule has 0 bridgehead atoms. The maximum atomic E-state index is 10.1. The van der Waals surface area contributed by atoms with Crippen LogP contribution in [0, 0.1) is 0 Å². The monoisotopic (exact) mass is 437 g/mol. The second-order valence-electron chi connectivity index (χ2n) is 5.37. The first-order chi connectivity index (χ1) is 14.5. The van der Waals surface area contributed by atoms with Crippen LogP contribution in [0.1, 0.15) is 21.0 Å². The van der Waals surface area contributed by atoms with Crippen molar-refractivity contribution in [1.82, 2.24) is 14.9 Å². The summed E-state index contributed by atoms with van der Waals surface area (Å²) in [5, 5.41) is 41.5. The summed E-state index contributed by atoms with van der Waals surface area (Å²) in [5.41, 5.74) is 0.162. The Morgan fingerprint density at radius 2 is 0.935 bits per heavy atom. The lowest BCUT2D eigenvalue weighted by Crippen LogP contribution is -2.38. The van der Waals surface area contributed by atoms with Crippen molar-refractivity contribution in [2.24, 2.45) is 0 Å². The topological polar surface area (TPSA) is 216 Å². The van der Waals surface area contributed by atoms with E-state index in [0.717, 1.165) is 4.90 Å². The van der Waals surface area contributed by atoms with Crippen molar-refractivity contribution >= 4 is 29.8 Å². The molecule has 2 aromatic heterocycles. The van der Waals surface area contributed by atoms with Crippen LogP contribution in [-0.4, -0.2) is 89.9 Å². The zero-order chi connectivity index (χ0) is 23.8. The largest absolute Gasteiger partial charge is 0.480 e. The Morgan fingerprint density at radius 1 is 0.613 bits per heavy atom. The molecule has 0 unspecified atom stereocenters. The second-order valence-corrected chi connectivity index (χ2v) is 5.37. The standard InChI is InChI=1S/C6H9NO6.2C6H5NO2/c8-4(9)1-7(2-5(10)11)3-6(12)13;2*8-6(9)5-3-1-2-4-7-5/h1-3H2,(H,8,9)(H,10,11)(H,12,13);2*1-4H,(H,8,9). The van der Waals surface area contributed by atoms with E-state index in [4.69, 9.17) is 25.5 Å². The van der Waals surface area contributed by atoms with Gasteiger partial charge in [0.15, 0.2) is 0 Å². The zero-order valence-corrected chi connectivity index (χ0v) is 15.9. The van der Waals surface area contributed by atoms with Crippen LogP contribution < -0.4 is 0 Å². The molecule has 13 nitrogen and oxygen atoms in total. The molecule has 0 saturated carbocycles. The lowest BCUT2D eigenvalue weighted by molar-refractivity contribution is -0.144. The molecule has 31 heavy (non-hydrogen) atoms. The highest BCUT2D eigenvalue weighted by Gasteiger charge is 2.15. The van der Waals surface area contributed by atoms with E-state index < -0.39 is 49.5 Å². The van der Waals surface area contributed by atoms with E-state index in [1.807, 2.05) is 0 Å². The second kappa shape index (κ2) is 14.6. The molecule has 0 saturated heterocycles. The van der Waals surface area contributed by atoms with Crippen molar-refractivity contribution in [1.29, 1.82) is 0 Å². The van der Waals surface area contributed by atoms with Gasteiger partial charge in [0.1, 0.15) is 11.4 Å². The third kappa shape index (κ3) is 14.3. The van der Waals surface area contributed by atoms with Gasteiger partial charge in [-0.2, -0.15) is 0 Å². The van der Waals surface area contributed by atoms with Gasteiger partial charge in [-0.1, -0.05) is 12.1 Å². The molecule has 5 N–H and O–H groups in total. The predicted octanol–water partition coefficient (Wildman–Crippen LogP) is 0.102. The first kappa shape index (κ1) is 26.6. The lowest BCUT2D eigenvalue weighted by atomic mass is 10.4. The Labute approximate surface area is 174 Å². The van der Waals surface area contributed by atoms with Crippen LogP contribution in [0.25, 0.3) is 0 Å². The van der Waals surface area contributed by atoms with Gasteiger partial charge in [0.05, 0.1) is 19.6 Å². The number of hydrogen-bond acceptors (Lipinski definition) is 8. The zero-order valence-electron chi connectivity index (χ0n) is 15.9. The highest BCUT2D eigenvalue weighted by Crippen LogP contribution is 1.91. The van der Waals surface area contributed by atoms with E-state index in [2.05, 4.69) is 9.97 Å². The van der Waals surface area contributed by atoms with Crippen molar-refractivity contribution in [2.45, 2.75) is 0 Å². The van der Waals surface area contributed by atoms with Gasteiger partial charge in [0, 0.05) is 12.4 Å². The quantitative estimate of drug-likeness (QED) is 0.371. The molecule has 166 valence electrons. The van der Waals surface area contributed by atoms with Crippen molar-refractivity contribution in [3.8, 4) is 0 Å². The number of carbonyl (C=O) groups is 5. The van der Waals surface area contributed by atoms with Crippen molar-refractivity contribution < 1.29 is 49.5 Å². The summed E-state index contributed by atoms with van der Waals surface area (Å²) in [7, 11) is 0. The molecule has 0 aliphatic heterocycles. The maximum Gasteiger partial charge on any atom is 0.354 e. The Hall–Kier alpha value is -4.39. The first-order valence-electron chi connectivity index (χ1n) is 8.19. The summed E-state index contributed by atoms with van der Waals surface area (Å²) < 4.78 is 0. The first-order valence-corrected chi connectivity index (χ1v) is 8.19. The minimum absolute atomic E-state index is 0.0810. The fourth-order valence-electron chi connectivity index (χ4n) is 1.72. The average Bonchev–Trinajstić information content (AvgIpc) is 2.68. The minimum atomic E-state index is -1.26. The van der Waals surface area contributed by atoms with Gasteiger partial charge in [-0.3, -0.25) is 19.3 Å². The third-order valence-electron chi connectivity index (χ3n) is 2.84. The summed E-state index contributed by atoms with van der Waals surface area (Å²) in [6.45, 7) is -1.80. The van der Waals surface area contributed by atoms with Crippen LogP contribution >= 0.6 is 0 Å².